The summed E-state index contributed by atoms with van der Waals surface area (Å²) in [6.07, 6.45) is -3.69. The van der Waals surface area contributed by atoms with Gasteiger partial charge in [-0.2, -0.15) is 13.2 Å². The van der Waals surface area contributed by atoms with Crippen LogP contribution in [-0.4, -0.2) is 13.2 Å². The Morgan fingerprint density at radius 2 is 2.12 bits per heavy atom. The standard InChI is InChI=1S/C12H14F3NO/c1-11(7-16)4-5-17-10-3-2-8(6-9(10)11)12(13,14)15/h2-3,6H,4-5,7,16H2,1H3. The molecule has 1 unspecified atom stereocenters. The number of halogens is 3. The van der Waals surface area contributed by atoms with Crippen LogP contribution in [0.4, 0.5) is 13.2 Å². The molecule has 2 N–H and O–H groups in total. The second kappa shape index (κ2) is 3.91. The molecule has 0 radical (unpaired) electrons. The zero-order valence-electron chi connectivity index (χ0n) is 9.47. The molecule has 0 amide bonds. The fourth-order valence-corrected chi connectivity index (χ4v) is 2.04. The Morgan fingerprint density at radius 1 is 1.41 bits per heavy atom. The van der Waals surface area contributed by atoms with Gasteiger partial charge in [-0.1, -0.05) is 6.92 Å². The predicted molar refractivity (Wildman–Crippen MR) is 58.0 cm³/mol. The van der Waals surface area contributed by atoms with E-state index in [9.17, 15) is 13.2 Å². The molecule has 1 atom stereocenters. The third-order valence-corrected chi connectivity index (χ3v) is 3.32. The number of hydrogen-bond acceptors (Lipinski definition) is 2. The highest BCUT2D eigenvalue weighted by molar-refractivity contribution is 5.44. The molecule has 1 aliphatic heterocycles. The van der Waals surface area contributed by atoms with Crippen LogP contribution in [0.15, 0.2) is 18.2 Å². The summed E-state index contributed by atoms with van der Waals surface area (Å²) in [5, 5.41) is 0. The van der Waals surface area contributed by atoms with Gasteiger partial charge >= 0.3 is 6.18 Å². The fourth-order valence-electron chi connectivity index (χ4n) is 2.04. The SMILES string of the molecule is CC1(CN)CCOc2ccc(C(F)(F)F)cc21. The van der Waals surface area contributed by atoms with Gasteiger partial charge in [-0.15, -0.1) is 0 Å². The lowest BCUT2D eigenvalue weighted by molar-refractivity contribution is -0.137. The lowest BCUT2D eigenvalue weighted by Gasteiger charge is -2.35. The van der Waals surface area contributed by atoms with Crippen molar-refractivity contribution < 1.29 is 17.9 Å². The Balaban J connectivity index is 2.52. The zero-order chi connectivity index (χ0) is 12.7. The van der Waals surface area contributed by atoms with Crippen molar-refractivity contribution in [2.45, 2.75) is 24.9 Å². The first-order chi connectivity index (χ1) is 7.87. The normalized spacial score (nSPS) is 24.1. The molecule has 2 nitrogen and oxygen atoms in total. The van der Waals surface area contributed by atoms with Crippen LogP contribution >= 0.6 is 0 Å². The van der Waals surface area contributed by atoms with E-state index in [0.29, 0.717) is 30.9 Å². The van der Waals surface area contributed by atoms with Gasteiger partial charge in [0.05, 0.1) is 12.2 Å². The Labute approximate surface area is 97.6 Å². The molecule has 1 aromatic rings. The van der Waals surface area contributed by atoms with Gasteiger partial charge in [-0.3, -0.25) is 0 Å². The first kappa shape index (κ1) is 12.2. The van der Waals surface area contributed by atoms with E-state index >= 15 is 0 Å². The average Bonchev–Trinajstić information content (AvgIpc) is 2.28. The largest absolute Gasteiger partial charge is 0.493 e. The molecular formula is C12H14F3NO. The predicted octanol–water partition coefficient (Wildman–Crippen LogP) is 2.70. The maximum Gasteiger partial charge on any atom is 0.416 e. The molecular weight excluding hydrogens is 231 g/mol. The monoisotopic (exact) mass is 245 g/mol. The van der Waals surface area contributed by atoms with Gasteiger partial charge in [0.2, 0.25) is 0 Å². The molecule has 17 heavy (non-hydrogen) atoms. The number of alkyl halides is 3. The quantitative estimate of drug-likeness (QED) is 0.825. The van der Waals surface area contributed by atoms with E-state index in [0.717, 1.165) is 12.1 Å². The highest BCUT2D eigenvalue weighted by Gasteiger charge is 2.36. The van der Waals surface area contributed by atoms with E-state index in [-0.39, 0.29) is 0 Å². The van der Waals surface area contributed by atoms with Gasteiger partial charge in [-0.25, -0.2) is 0 Å². The van der Waals surface area contributed by atoms with E-state index in [1.165, 1.54) is 6.07 Å². The third-order valence-electron chi connectivity index (χ3n) is 3.32. The number of nitrogens with two attached hydrogens (primary N) is 1. The highest BCUT2D eigenvalue weighted by atomic mass is 19.4. The van der Waals surface area contributed by atoms with Crippen LogP contribution in [0.3, 0.4) is 0 Å². The zero-order valence-corrected chi connectivity index (χ0v) is 9.47. The van der Waals surface area contributed by atoms with E-state index < -0.39 is 17.2 Å². The van der Waals surface area contributed by atoms with Crippen LogP contribution in [0.1, 0.15) is 24.5 Å². The topological polar surface area (TPSA) is 35.2 Å². The van der Waals surface area contributed by atoms with E-state index in [1.807, 2.05) is 6.92 Å². The van der Waals surface area contributed by atoms with Crippen molar-refractivity contribution in [3.8, 4) is 5.75 Å². The molecule has 0 aliphatic carbocycles. The van der Waals surface area contributed by atoms with Crippen molar-refractivity contribution >= 4 is 0 Å². The molecule has 0 saturated heterocycles. The van der Waals surface area contributed by atoms with Gasteiger partial charge in [0.25, 0.3) is 0 Å². The number of rotatable bonds is 1. The molecule has 2 rings (SSSR count). The highest BCUT2D eigenvalue weighted by Crippen LogP contribution is 2.41. The summed E-state index contributed by atoms with van der Waals surface area (Å²) in [5.41, 5.74) is 5.14. The van der Waals surface area contributed by atoms with Crippen LogP contribution in [-0.2, 0) is 11.6 Å². The van der Waals surface area contributed by atoms with Crippen molar-refractivity contribution in [2.75, 3.05) is 13.2 Å². The molecule has 1 aromatic carbocycles. The second-order valence-electron chi connectivity index (χ2n) is 4.57. The molecule has 0 fully saturated rings. The number of ether oxygens (including phenoxy) is 1. The molecule has 94 valence electrons. The maximum absolute atomic E-state index is 12.6. The molecule has 0 spiro atoms. The van der Waals surface area contributed by atoms with Gasteiger partial charge in [0.1, 0.15) is 5.75 Å². The molecule has 0 bridgehead atoms. The number of fused-ring (bicyclic) bond motifs is 1. The molecule has 5 heteroatoms. The molecule has 1 aliphatic rings. The van der Waals surface area contributed by atoms with Crippen LogP contribution in [0.2, 0.25) is 0 Å². The second-order valence-corrected chi connectivity index (χ2v) is 4.57. The Morgan fingerprint density at radius 3 is 2.71 bits per heavy atom. The van der Waals surface area contributed by atoms with Gasteiger partial charge < -0.3 is 10.5 Å². The van der Waals surface area contributed by atoms with Crippen molar-refractivity contribution in [1.82, 2.24) is 0 Å². The van der Waals surface area contributed by atoms with Gasteiger partial charge in [0.15, 0.2) is 0 Å². The summed E-state index contributed by atoms with van der Waals surface area (Å²) < 4.78 is 43.3. The summed E-state index contributed by atoms with van der Waals surface area (Å²) >= 11 is 0. The van der Waals surface area contributed by atoms with E-state index in [1.54, 1.807) is 0 Å². The van der Waals surface area contributed by atoms with Crippen molar-refractivity contribution in [3.05, 3.63) is 29.3 Å². The third kappa shape index (κ3) is 2.11. The molecule has 0 aromatic heterocycles. The van der Waals surface area contributed by atoms with Gasteiger partial charge in [0, 0.05) is 17.5 Å². The minimum atomic E-state index is -4.33. The summed E-state index contributed by atoms with van der Waals surface area (Å²) in [7, 11) is 0. The fraction of sp³-hybridized carbons (Fsp3) is 0.500. The Bertz CT molecular complexity index is 430. The van der Waals surface area contributed by atoms with Crippen LogP contribution in [0.25, 0.3) is 0 Å². The first-order valence-electron chi connectivity index (χ1n) is 5.41. The summed E-state index contributed by atoms with van der Waals surface area (Å²) in [5.74, 6) is 0.511. The minimum Gasteiger partial charge on any atom is -0.493 e. The maximum atomic E-state index is 12.6. The van der Waals surface area contributed by atoms with Crippen molar-refractivity contribution in [2.24, 2.45) is 5.73 Å². The van der Waals surface area contributed by atoms with Gasteiger partial charge in [-0.05, 0) is 24.6 Å². The minimum absolute atomic E-state index is 0.310. The lowest BCUT2D eigenvalue weighted by atomic mass is 9.77. The Kier molecular flexibility index (Phi) is 2.81. The summed E-state index contributed by atoms with van der Waals surface area (Å²) in [6, 6.07) is 3.58. The smallest absolute Gasteiger partial charge is 0.416 e. The molecule has 1 heterocycles. The number of hydrogen-bond donors (Lipinski definition) is 1. The number of benzene rings is 1. The summed E-state index contributed by atoms with van der Waals surface area (Å²) in [6.45, 7) is 2.67. The van der Waals surface area contributed by atoms with Crippen LogP contribution < -0.4 is 10.5 Å². The first-order valence-corrected chi connectivity index (χ1v) is 5.41. The van der Waals surface area contributed by atoms with Crippen LogP contribution in [0.5, 0.6) is 5.75 Å². The summed E-state index contributed by atoms with van der Waals surface area (Å²) in [4.78, 5) is 0. The molecule has 0 saturated carbocycles. The van der Waals surface area contributed by atoms with E-state index in [4.69, 9.17) is 10.5 Å². The van der Waals surface area contributed by atoms with E-state index in [2.05, 4.69) is 0 Å². The van der Waals surface area contributed by atoms with Crippen molar-refractivity contribution in [1.29, 1.82) is 0 Å². The average molecular weight is 245 g/mol. The lowest BCUT2D eigenvalue weighted by Crippen LogP contribution is -2.37. The Hall–Kier alpha value is -1.23. The van der Waals surface area contributed by atoms with Crippen LogP contribution in [0, 0.1) is 0 Å². The van der Waals surface area contributed by atoms with Crippen molar-refractivity contribution in [3.63, 3.8) is 0 Å².